The average Bonchev–Trinajstić information content (AvgIpc) is 3.18. The van der Waals surface area contributed by atoms with Crippen LogP contribution in [0.5, 0.6) is 0 Å². The molecule has 0 atom stereocenters. The molecule has 1 N–H and O–H groups in total. The second-order valence-corrected chi connectivity index (χ2v) is 8.34. The third kappa shape index (κ3) is 4.20. The van der Waals surface area contributed by atoms with E-state index in [1.807, 2.05) is 48.7 Å². The lowest BCUT2D eigenvalue weighted by molar-refractivity contribution is 0.0954. The lowest BCUT2D eigenvalue weighted by Gasteiger charge is -2.06. The van der Waals surface area contributed by atoms with Crippen molar-refractivity contribution in [2.75, 3.05) is 0 Å². The van der Waals surface area contributed by atoms with E-state index in [2.05, 4.69) is 32.5 Å². The van der Waals surface area contributed by atoms with E-state index in [4.69, 9.17) is 0 Å². The van der Waals surface area contributed by atoms with Crippen molar-refractivity contribution < 1.29 is 4.79 Å². The summed E-state index contributed by atoms with van der Waals surface area (Å²) in [6, 6.07) is 13.7. The largest absolute Gasteiger partial charge is 0.271 e. The van der Waals surface area contributed by atoms with Crippen LogP contribution in [0.15, 0.2) is 57.4 Å². The van der Waals surface area contributed by atoms with Gasteiger partial charge in [0.05, 0.1) is 6.21 Å². The van der Waals surface area contributed by atoms with Crippen molar-refractivity contribution in [3.8, 4) is 0 Å². The van der Waals surface area contributed by atoms with E-state index >= 15 is 0 Å². The summed E-state index contributed by atoms with van der Waals surface area (Å²) in [6.45, 7) is 2.03. The molecule has 6 heteroatoms. The zero-order valence-electron chi connectivity index (χ0n) is 13.0. The van der Waals surface area contributed by atoms with Gasteiger partial charge in [0.25, 0.3) is 5.91 Å². The molecule has 3 nitrogen and oxygen atoms in total. The highest BCUT2D eigenvalue weighted by atomic mass is 79.9. The van der Waals surface area contributed by atoms with E-state index < -0.39 is 0 Å². The summed E-state index contributed by atoms with van der Waals surface area (Å²) in [6.07, 6.45) is 2.42. The Morgan fingerprint density at radius 3 is 2.83 bits per heavy atom. The molecule has 0 saturated heterocycles. The smallest absolute Gasteiger partial charge is 0.267 e. The normalized spacial score (nSPS) is 11.1. The molecule has 3 aromatic rings. The van der Waals surface area contributed by atoms with Gasteiger partial charge in [0.2, 0.25) is 0 Å². The van der Waals surface area contributed by atoms with Crippen LogP contribution in [-0.2, 0) is 6.42 Å². The monoisotopic (exact) mass is 418 g/mol. The summed E-state index contributed by atoms with van der Waals surface area (Å²) >= 11 is 6.79. The Bertz CT molecular complexity index is 850. The van der Waals surface area contributed by atoms with Gasteiger partial charge in [0.15, 0.2) is 0 Å². The highest BCUT2D eigenvalue weighted by Crippen LogP contribution is 2.25. The minimum absolute atomic E-state index is 0.189. The minimum Gasteiger partial charge on any atom is -0.267 e. The summed E-state index contributed by atoms with van der Waals surface area (Å²) < 4.78 is 1.06. The maximum absolute atomic E-state index is 12.4. The maximum Gasteiger partial charge on any atom is 0.271 e. The Balaban J connectivity index is 1.70. The molecule has 0 unspecified atom stereocenters. The van der Waals surface area contributed by atoms with Gasteiger partial charge in [0.1, 0.15) is 0 Å². The Kier molecular flexibility index (Phi) is 5.60. The number of nitrogens with one attached hydrogen (secondary N) is 1. The highest BCUT2D eigenvalue weighted by Gasteiger charge is 2.11. The SMILES string of the molecule is Cc1sc(/C=N/NC(=O)c2ccccc2Cc2cccs2)cc1Br. The van der Waals surface area contributed by atoms with Crippen LogP contribution in [0.3, 0.4) is 0 Å². The van der Waals surface area contributed by atoms with Crippen LogP contribution in [0.25, 0.3) is 0 Å². The summed E-state index contributed by atoms with van der Waals surface area (Å²) in [5.41, 5.74) is 4.28. The zero-order chi connectivity index (χ0) is 16.9. The molecule has 2 aromatic heterocycles. The molecule has 3 rings (SSSR count). The fraction of sp³-hybridized carbons (Fsp3) is 0.111. The number of nitrogens with zero attached hydrogens (tertiary/aromatic N) is 1. The molecule has 0 radical (unpaired) electrons. The molecule has 122 valence electrons. The number of thiophene rings is 2. The second kappa shape index (κ2) is 7.88. The number of hydrogen-bond acceptors (Lipinski definition) is 4. The number of carbonyl (C=O) groups excluding carboxylic acids is 1. The van der Waals surface area contributed by atoms with Gasteiger partial charge in [0, 0.05) is 31.1 Å². The molecular formula is C18H15BrN2OS2. The number of carbonyl (C=O) groups is 1. The van der Waals surface area contributed by atoms with Gasteiger partial charge in [-0.1, -0.05) is 24.3 Å². The van der Waals surface area contributed by atoms with Gasteiger partial charge in [-0.15, -0.1) is 22.7 Å². The average molecular weight is 419 g/mol. The lowest BCUT2D eigenvalue weighted by Crippen LogP contribution is -2.19. The molecule has 0 spiro atoms. The zero-order valence-corrected chi connectivity index (χ0v) is 16.2. The maximum atomic E-state index is 12.4. The number of rotatable bonds is 5. The van der Waals surface area contributed by atoms with E-state index in [0.717, 1.165) is 21.3 Å². The van der Waals surface area contributed by atoms with E-state index in [1.165, 1.54) is 9.75 Å². The van der Waals surface area contributed by atoms with Crippen molar-refractivity contribution in [1.29, 1.82) is 0 Å². The first-order chi connectivity index (χ1) is 11.6. The first-order valence-electron chi connectivity index (χ1n) is 7.33. The fourth-order valence-electron chi connectivity index (χ4n) is 2.26. The Morgan fingerprint density at radius 1 is 1.29 bits per heavy atom. The van der Waals surface area contributed by atoms with Crippen LogP contribution in [0.2, 0.25) is 0 Å². The van der Waals surface area contributed by atoms with Gasteiger partial charge in [-0.2, -0.15) is 5.10 Å². The molecule has 0 aliphatic rings. The Hall–Kier alpha value is -1.76. The molecule has 0 aliphatic carbocycles. The van der Waals surface area contributed by atoms with Crippen LogP contribution >= 0.6 is 38.6 Å². The number of amides is 1. The quantitative estimate of drug-likeness (QED) is 0.446. The van der Waals surface area contributed by atoms with Crippen LogP contribution in [0.1, 0.15) is 30.6 Å². The van der Waals surface area contributed by atoms with Crippen LogP contribution in [0, 0.1) is 6.92 Å². The minimum atomic E-state index is -0.189. The molecule has 1 aromatic carbocycles. The van der Waals surface area contributed by atoms with E-state index in [1.54, 1.807) is 28.9 Å². The van der Waals surface area contributed by atoms with Crippen molar-refractivity contribution in [3.05, 3.63) is 78.1 Å². The third-order valence-electron chi connectivity index (χ3n) is 3.44. The number of halogens is 1. The predicted molar refractivity (Wildman–Crippen MR) is 105 cm³/mol. The number of benzene rings is 1. The Labute approximate surface area is 157 Å². The first-order valence-corrected chi connectivity index (χ1v) is 9.82. The summed E-state index contributed by atoms with van der Waals surface area (Å²) in [5, 5.41) is 6.12. The van der Waals surface area contributed by atoms with E-state index in [0.29, 0.717) is 5.56 Å². The third-order valence-corrected chi connectivity index (χ3v) is 6.39. The number of aryl methyl sites for hydroxylation is 1. The molecule has 2 heterocycles. The molecule has 0 aliphatic heterocycles. The van der Waals surface area contributed by atoms with Gasteiger partial charge in [-0.25, -0.2) is 5.43 Å². The van der Waals surface area contributed by atoms with E-state index in [9.17, 15) is 4.79 Å². The predicted octanol–water partition coefficient (Wildman–Crippen LogP) is 5.24. The summed E-state index contributed by atoms with van der Waals surface area (Å²) in [5.74, 6) is -0.189. The van der Waals surface area contributed by atoms with Crippen molar-refractivity contribution in [3.63, 3.8) is 0 Å². The highest BCUT2D eigenvalue weighted by molar-refractivity contribution is 9.10. The number of hydrogen-bond donors (Lipinski definition) is 1. The molecular weight excluding hydrogens is 404 g/mol. The Morgan fingerprint density at radius 2 is 2.12 bits per heavy atom. The van der Waals surface area contributed by atoms with E-state index in [-0.39, 0.29) is 5.91 Å². The standard InChI is InChI=1S/C18H15BrN2OS2/c1-12-17(19)10-15(24-12)11-20-21-18(22)16-7-3-2-5-13(16)9-14-6-4-8-23-14/h2-8,10-11H,9H2,1H3,(H,21,22)/b20-11+. The van der Waals surface area contributed by atoms with Gasteiger partial charge in [-0.3, -0.25) is 4.79 Å². The van der Waals surface area contributed by atoms with Crippen LogP contribution in [-0.4, -0.2) is 12.1 Å². The van der Waals surface area contributed by atoms with Crippen molar-refractivity contribution in [1.82, 2.24) is 5.43 Å². The topological polar surface area (TPSA) is 41.5 Å². The summed E-state index contributed by atoms with van der Waals surface area (Å²) in [7, 11) is 0. The summed E-state index contributed by atoms with van der Waals surface area (Å²) in [4.78, 5) is 15.8. The van der Waals surface area contributed by atoms with Crippen LogP contribution < -0.4 is 5.43 Å². The molecule has 24 heavy (non-hydrogen) atoms. The number of hydrazone groups is 1. The first kappa shape index (κ1) is 17.1. The van der Waals surface area contributed by atoms with Crippen molar-refractivity contribution in [2.24, 2.45) is 5.10 Å². The molecule has 1 amide bonds. The van der Waals surface area contributed by atoms with Crippen molar-refractivity contribution >= 4 is 50.7 Å². The van der Waals surface area contributed by atoms with Gasteiger partial charge in [-0.05, 0) is 52.0 Å². The molecule has 0 saturated carbocycles. The second-order valence-electron chi connectivity index (χ2n) is 5.17. The van der Waals surface area contributed by atoms with Crippen LogP contribution in [0.4, 0.5) is 0 Å². The van der Waals surface area contributed by atoms with Crippen molar-refractivity contribution in [2.45, 2.75) is 13.3 Å². The molecule has 0 bridgehead atoms. The molecule has 0 fully saturated rings. The fourth-order valence-corrected chi connectivity index (χ4v) is 4.42. The van der Waals surface area contributed by atoms with Gasteiger partial charge < -0.3 is 0 Å². The lowest BCUT2D eigenvalue weighted by atomic mass is 10.0. The van der Waals surface area contributed by atoms with Gasteiger partial charge >= 0.3 is 0 Å².